The second-order valence-electron chi connectivity index (χ2n) is 6.87. The third kappa shape index (κ3) is 4.19. The Morgan fingerprint density at radius 3 is 2.50 bits per heavy atom. The third-order valence-electron chi connectivity index (χ3n) is 4.83. The Bertz CT molecular complexity index is 1360. The molecular formula is C22H20N2O5S3. The maximum absolute atomic E-state index is 12.0. The van der Waals surface area contributed by atoms with E-state index in [2.05, 4.69) is 11.1 Å². The first-order chi connectivity index (χ1) is 15.4. The Morgan fingerprint density at radius 1 is 1.09 bits per heavy atom. The van der Waals surface area contributed by atoms with Crippen LogP contribution in [0.3, 0.4) is 0 Å². The lowest BCUT2D eigenvalue weighted by molar-refractivity contribution is 0.303. The molecule has 1 aliphatic rings. The highest BCUT2D eigenvalue weighted by molar-refractivity contribution is 8.30. The molecule has 10 heteroatoms. The Labute approximate surface area is 193 Å². The van der Waals surface area contributed by atoms with Crippen LogP contribution in [0, 0.1) is 11.3 Å². The van der Waals surface area contributed by atoms with Crippen molar-refractivity contribution in [1.82, 2.24) is 0 Å². The van der Waals surface area contributed by atoms with Crippen LogP contribution in [0.5, 0.6) is 17.2 Å². The topological polar surface area (TPSA) is 98.0 Å². The van der Waals surface area contributed by atoms with Crippen molar-refractivity contribution in [3.8, 4) is 23.3 Å². The van der Waals surface area contributed by atoms with E-state index in [0.29, 0.717) is 27.7 Å². The molecule has 2 aromatic carbocycles. The molecule has 0 spiro atoms. The van der Waals surface area contributed by atoms with Gasteiger partial charge < -0.3 is 14.2 Å². The van der Waals surface area contributed by atoms with E-state index >= 15 is 0 Å². The van der Waals surface area contributed by atoms with Gasteiger partial charge in [-0.1, -0.05) is 18.2 Å². The number of fused-ring (bicyclic) bond motifs is 1. The fourth-order valence-electron chi connectivity index (χ4n) is 3.32. The predicted molar refractivity (Wildman–Crippen MR) is 126 cm³/mol. The maximum atomic E-state index is 12.0. The Balaban J connectivity index is 1.63. The molecule has 166 valence electrons. The van der Waals surface area contributed by atoms with E-state index in [1.807, 2.05) is 23.7 Å². The number of aliphatic imine (C=N–C) groups is 1. The summed E-state index contributed by atoms with van der Waals surface area (Å²) in [4.78, 5) is 6.18. The van der Waals surface area contributed by atoms with Crippen molar-refractivity contribution in [3.05, 3.63) is 52.9 Å². The van der Waals surface area contributed by atoms with E-state index in [1.54, 1.807) is 38.5 Å². The summed E-state index contributed by atoms with van der Waals surface area (Å²) >= 11 is 1.35. The fourth-order valence-corrected chi connectivity index (χ4v) is 7.59. The third-order valence-corrected chi connectivity index (χ3v) is 9.54. The predicted octanol–water partition coefficient (Wildman–Crippen LogP) is 4.71. The van der Waals surface area contributed by atoms with Crippen molar-refractivity contribution in [2.75, 3.05) is 20.5 Å². The highest BCUT2D eigenvalue weighted by Crippen LogP contribution is 2.57. The molecule has 0 saturated carbocycles. The summed E-state index contributed by atoms with van der Waals surface area (Å²) in [6, 6.07) is 14.5. The number of sulfone groups is 1. The van der Waals surface area contributed by atoms with Crippen molar-refractivity contribution >= 4 is 43.3 Å². The first-order valence-electron chi connectivity index (χ1n) is 9.40. The number of rotatable bonds is 7. The summed E-state index contributed by atoms with van der Waals surface area (Å²) < 4.78 is 41.7. The summed E-state index contributed by atoms with van der Waals surface area (Å²) in [5.74, 6) is 1.66. The Hall–Kier alpha value is -3.00. The number of benzene rings is 2. The van der Waals surface area contributed by atoms with Gasteiger partial charge in [0.1, 0.15) is 23.3 Å². The molecule has 0 bridgehead atoms. The zero-order valence-corrected chi connectivity index (χ0v) is 20.1. The van der Waals surface area contributed by atoms with Crippen molar-refractivity contribution in [3.63, 3.8) is 0 Å². The second-order valence-corrected chi connectivity index (χ2v) is 12.1. The lowest BCUT2D eigenvalue weighted by atomic mass is 10.2. The SMILES string of the molecule is COc1cc2c(cc1OC)[SH](c1cc(OCc3ccccc3S(C)(=O)=O)c(C#N)s1)C=N2. The van der Waals surface area contributed by atoms with Gasteiger partial charge in [0, 0.05) is 34.4 Å². The summed E-state index contributed by atoms with van der Waals surface area (Å²) in [6.07, 6.45) is 1.16. The van der Waals surface area contributed by atoms with Crippen LogP contribution in [0.1, 0.15) is 10.4 Å². The maximum Gasteiger partial charge on any atom is 0.175 e. The van der Waals surface area contributed by atoms with Crippen LogP contribution in [0.4, 0.5) is 5.69 Å². The number of thiophene rings is 1. The number of nitriles is 1. The molecule has 0 amide bonds. The van der Waals surface area contributed by atoms with Crippen LogP contribution in [-0.4, -0.2) is 34.4 Å². The molecule has 1 aromatic heterocycles. The van der Waals surface area contributed by atoms with Crippen LogP contribution >= 0.6 is 22.2 Å². The van der Waals surface area contributed by atoms with Gasteiger partial charge in [0.05, 0.1) is 29.0 Å². The molecule has 1 aliphatic heterocycles. The van der Waals surface area contributed by atoms with Crippen molar-refractivity contribution in [1.29, 1.82) is 5.26 Å². The van der Waals surface area contributed by atoms with E-state index in [4.69, 9.17) is 14.2 Å². The number of nitrogens with zero attached hydrogens (tertiary/aromatic N) is 2. The van der Waals surface area contributed by atoms with Crippen LogP contribution in [0.15, 0.2) is 61.5 Å². The molecule has 1 unspecified atom stereocenters. The standard InChI is InChI=1S/C22H20N2O5S3/c1-27-16-8-15-20(9-17(16)28-2)31(13-24-15)22-10-18(19(11-23)30-22)29-12-14-6-4-5-7-21(14)32(3,25)26/h4-10,13,31H,12H2,1-3H3. The fraction of sp³-hybridized carbons (Fsp3) is 0.182. The van der Waals surface area contributed by atoms with Gasteiger partial charge >= 0.3 is 0 Å². The highest BCUT2D eigenvalue weighted by Gasteiger charge is 2.24. The van der Waals surface area contributed by atoms with Crippen LogP contribution < -0.4 is 14.2 Å². The molecule has 3 aromatic rings. The summed E-state index contributed by atoms with van der Waals surface area (Å²) in [7, 11) is -1.14. The molecule has 7 nitrogen and oxygen atoms in total. The van der Waals surface area contributed by atoms with Gasteiger partial charge in [-0.2, -0.15) is 16.2 Å². The van der Waals surface area contributed by atoms with E-state index in [-0.39, 0.29) is 11.5 Å². The molecule has 2 heterocycles. The van der Waals surface area contributed by atoms with Gasteiger partial charge in [-0.15, -0.1) is 11.3 Å². The summed E-state index contributed by atoms with van der Waals surface area (Å²) in [5.41, 5.74) is 3.24. The first-order valence-corrected chi connectivity index (χ1v) is 13.5. The van der Waals surface area contributed by atoms with E-state index in [0.717, 1.165) is 21.0 Å². The molecular weight excluding hydrogens is 468 g/mol. The van der Waals surface area contributed by atoms with Gasteiger partial charge in [-0.05, 0) is 12.1 Å². The zero-order chi connectivity index (χ0) is 22.9. The Morgan fingerprint density at radius 2 is 1.81 bits per heavy atom. The van der Waals surface area contributed by atoms with E-state index < -0.39 is 20.7 Å². The summed E-state index contributed by atoms with van der Waals surface area (Å²) in [5, 5.41) is 9.62. The van der Waals surface area contributed by atoms with E-state index in [9.17, 15) is 13.7 Å². The van der Waals surface area contributed by atoms with Crippen LogP contribution in [0.25, 0.3) is 0 Å². The molecule has 0 N–H and O–H groups in total. The number of hydrogen-bond donors (Lipinski definition) is 1. The Kier molecular flexibility index (Phi) is 6.15. The molecule has 0 saturated heterocycles. The number of ether oxygens (including phenoxy) is 3. The molecule has 0 fully saturated rings. The molecule has 0 radical (unpaired) electrons. The number of thiol groups is 1. The quantitative estimate of drug-likeness (QED) is 0.484. The molecule has 0 aliphatic carbocycles. The normalized spacial score (nSPS) is 15.8. The van der Waals surface area contributed by atoms with Gasteiger partial charge in [0.15, 0.2) is 21.3 Å². The lowest BCUT2D eigenvalue weighted by Crippen LogP contribution is -2.05. The smallest absolute Gasteiger partial charge is 0.175 e. The first kappa shape index (κ1) is 22.2. The minimum Gasteiger partial charge on any atom is -0.493 e. The second kappa shape index (κ2) is 8.86. The minimum atomic E-state index is -3.39. The van der Waals surface area contributed by atoms with Crippen molar-refractivity contribution in [2.45, 2.75) is 20.6 Å². The lowest BCUT2D eigenvalue weighted by Gasteiger charge is -2.14. The molecule has 32 heavy (non-hydrogen) atoms. The largest absolute Gasteiger partial charge is 0.493 e. The van der Waals surface area contributed by atoms with Gasteiger partial charge in [-0.3, -0.25) is 0 Å². The minimum absolute atomic E-state index is 0.0434. The van der Waals surface area contributed by atoms with E-state index in [1.165, 1.54) is 11.3 Å². The molecule has 1 atom stereocenters. The van der Waals surface area contributed by atoms with Gasteiger partial charge in [0.2, 0.25) is 0 Å². The van der Waals surface area contributed by atoms with Crippen molar-refractivity contribution in [2.24, 2.45) is 4.99 Å². The van der Waals surface area contributed by atoms with Crippen molar-refractivity contribution < 1.29 is 22.6 Å². The van der Waals surface area contributed by atoms with Gasteiger partial charge in [-0.25, -0.2) is 13.4 Å². The zero-order valence-electron chi connectivity index (χ0n) is 17.5. The number of methoxy groups -OCH3 is 2. The number of hydrogen-bond acceptors (Lipinski definition) is 8. The van der Waals surface area contributed by atoms with Crippen LogP contribution in [0.2, 0.25) is 0 Å². The molecule has 4 rings (SSSR count). The average molecular weight is 489 g/mol. The highest BCUT2D eigenvalue weighted by atomic mass is 32.2. The average Bonchev–Trinajstić information content (AvgIpc) is 3.39. The van der Waals surface area contributed by atoms with Gasteiger partial charge in [0.25, 0.3) is 0 Å². The van der Waals surface area contributed by atoms with Crippen LogP contribution in [-0.2, 0) is 16.4 Å². The monoisotopic (exact) mass is 488 g/mol. The summed E-state index contributed by atoms with van der Waals surface area (Å²) in [6.45, 7) is 0.0434.